The first-order valence-electron chi connectivity index (χ1n) is 3.92. The highest BCUT2D eigenvalue weighted by Crippen LogP contribution is 2.13. The zero-order chi connectivity index (χ0) is 8.85. The number of halogens is 1. The number of aliphatic hydroxyl groups is 1. The minimum absolute atomic E-state index is 0.0122. The topological polar surface area (TPSA) is 29.5 Å². The van der Waals surface area contributed by atoms with Gasteiger partial charge in [-0.1, -0.05) is 6.92 Å². The molecule has 0 aliphatic carbocycles. The van der Waals surface area contributed by atoms with Crippen LogP contribution in [-0.4, -0.2) is 24.7 Å². The summed E-state index contributed by atoms with van der Waals surface area (Å²) in [7, 11) is 1.44. The van der Waals surface area contributed by atoms with E-state index in [1.54, 1.807) is 0 Å². The zero-order valence-electron chi connectivity index (χ0n) is 7.38. The van der Waals surface area contributed by atoms with Crippen molar-refractivity contribution in [3.8, 4) is 0 Å². The van der Waals surface area contributed by atoms with Crippen LogP contribution in [-0.2, 0) is 4.74 Å². The van der Waals surface area contributed by atoms with Gasteiger partial charge in [0, 0.05) is 13.0 Å². The summed E-state index contributed by atoms with van der Waals surface area (Å²) < 4.78 is 17.0. The van der Waals surface area contributed by atoms with Crippen LogP contribution in [0.2, 0.25) is 0 Å². The molecule has 1 N–H and O–H groups in total. The molecule has 0 aromatic carbocycles. The lowest BCUT2D eigenvalue weighted by Gasteiger charge is -2.16. The first kappa shape index (κ1) is 10.8. The second kappa shape index (κ2) is 5.49. The van der Waals surface area contributed by atoms with Crippen LogP contribution in [0.25, 0.3) is 0 Å². The molecule has 68 valence electrons. The lowest BCUT2D eigenvalue weighted by Crippen LogP contribution is -2.20. The molecule has 2 nitrogen and oxygen atoms in total. The van der Waals surface area contributed by atoms with E-state index in [0.717, 1.165) is 0 Å². The van der Waals surface area contributed by atoms with Gasteiger partial charge in [-0.3, -0.25) is 0 Å². The molecule has 0 aliphatic rings. The molecule has 0 amide bonds. The highest BCUT2D eigenvalue weighted by molar-refractivity contribution is 4.58. The SMILES string of the molecule is COC(O)C(C)CCC(C)F. The van der Waals surface area contributed by atoms with Crippen molar-refractivity contribution in [1.82, 2.24) is 0 Å². The number of rotatable bonds is 5. The molecule has 0 saturated heterocycles. The normalized spacial score (nSPS) is 19.4. The van der Waals surface area contributed by atoms with Crippen molar-refractivity contribution in [2.45, 2.75) is 39.2 Å². The van der Waals surface area contributed by atoms with Crippen molar-refractivity contribution >= 4 is 0 Å². The molecule has 0 saturated carbocycles. The van der Waals surface area contributed by atoms with E-state index >= 15 is 0 Å². The van der Waals surface area contributed by atoms with Gasteiger partial charge in [-0.2, -0.15) is 0 Å². The number of hydrogen-bond donors (Lipinski definition) is 1. The maximum atomic E-state index is 12.3. The van der Waals surface area contributed by atoms with Crippen molar-refractivity contribution in [3.05, 3.63) is 0 Å². The van der Waals surface area contributed by atoms with Gasteiger partial charge in [-0.15, -0.1) is 0 Å². The predicted octanol–water partition coefficient (Wildman–Crippen LogP) is 1.73. The largest absolute Gasteiger partial charge is 0.368 e. The van der Waals surface area contributed by atoms with Crippen LogP contribution in [0.3, 0.4) is 0 Å². The molecule has 0 heterocycles. The Morgan fingerprint density at radius 3 is 2.27 bits per heavy atom. The van der Waals surface area contributed by atoms with Gasteiger partial charge in [0.1, 0.15) is 0 Å². The van der Waals surface area contributed by atoms with E-state index in [9.17, 15) is 4.39 Å². The first-order valence-corrected chi connectivity index (χ1v) is 3.92. The van der Waals surface area contributed by atoms with Gasteiger partial charge >= 0.3 is 0 Å². The Morgan fingerprint density at radius 1 is 1.36 bits per heavy atom. The van der Waals surface area contributed by atoms with Crippen LogP contribution in [0.4, 0.5) is 4.39 Å². The van der Waals surface area contributed by atoms with Gasteiger partial charge < -0.3 is 9.84 Å². The number of alkyl halides is 1. The summed E-state index contributed by atoms with van der Waals surface area (Å²) in [6.07, 6.45) is -0.399. The molecule has 0 rings (SSSR count). The first-order chi connectivity index (χ1) is 5.07. The molecular weight excluding hydrogens is 147 g/mol. The fourth-order valence-corrected chi connectivity index (χ4v) is 0.867. The highest BCUT2D eigenvalue weighted by Gasteiger charge is 2.13. The van der Waals surface area contributed by atoms with Crippen LogP contribution >= 0.6 is 0 Å². The molecule has 3 heteroatoms. The summed E-state index contributed by atoms with van der Waals surface area (Å²) in [5, 5.41) is 9.09. The molecule has 0 spiro atoms. The van der Waals surface area contributed by atoms with Crippen molar-refractivity contribution in [1.29, 1.82) is 0 Å². The fourth-order valence-electron chi connectivity index (χ4n) is 0.867. The van der Waals surface area contributed by atoms with Gasteiger partial charge in [0.05, 0.1) is 6.17 Å². The van der Waals surface area contributed by atoms with Crippen LogP contribution in [0.1, 0.15) is 26.7 Å². The average molecular weight is 164 g/mol. The van der Waals surface area contributed by atoms with Crippen molar-refractivity contribution in [2.75, 3.05) is 7.11 Å². The molecule has 3 atom stereocenters. The molecular formula is C8H17FO2. The Kier molecular flexibility index (Phi) is 5.42. The molecule has 0 aromatic heterocycles. The summed E-state index contributed by atoms with van der Waals surface area (Å²) in [6, 6.07) is 0. The molecule has 3 unspecified atom stereocenters. The highest BCUT2D eigenvalue weighted by atomic mass is 19.1. The van der Waals surface area contributed by atoms with Gasteiger partial charge in [0.15, 0.2) is 6.29 Å². The van der Waals surface area contributed by atoms with E-state index in [1.165, 1.54) is 14.0 Å². The minimum Gasteiger partial charge on any atom is -0.368 e. The van der Waals surface area contributed by atoms with Gasteiger partial charge in [0.2, 0.25) is 0 Å². The van der Waals surface area contributed by atoms with E-state index in [-0.39, 0.29) is 5.92 Å². The predicted molar refractivity (Wildman–Crippen MR) is 42.0 cm³/mol. The third kappa shape index (κ3) is 5.16. The fraction of sp³-hybridized carbons (Fsp3) is 1.00. The van der Waals surface area contributed by atoms with Crippen molar-refractivity contribution in [2.24, 2.45) is 5.92 Å². The Balaban J connectivity index is 3.43. The monoisotopic (exact) mass is 164 g/mol. The Morgan fingerprint density at radius 2 is 1.91 bits per heavy atom. The van der Waals surface area contributed by atoms with E-state index in [0.29, 0.717) is 12.8 Å². The summed E-state index contributed by atoms with van der Waals surface area (Å²) in [5.74, 6) is 0.0122. The molecule has 11 heavy (non-hydrogen) atoms. The van der Waals surface area contributed by atoms with Crippen molar-refractivity contribution < 1.29 is 14.2 Å². The lowest BCUT2D eigenvalue weighted by atomic mass is 10.0. The summed E-state index contributed by atoms with van der Waals surface area (Å²) in [4.78, 5) is 0. The van der Waals surface area contributed by atoms with Crippen LogP contribution in [0.5, 0.6) is 0 Å². The minimum atomic E-state index is -0.790. The number of hydrogen-bond acceptors (Lipinski definition) is 2. The Hall–Kier alpha value is -0.150. The summed E-state index contributed by atoms with van der Waals surface area (Å²) in [5.41, 5.74) is 0. The number of methoxy groups -OCH3 is 1. The molecule has 0 fully saturated rings. The van der Waals surface area contributed by atoms with Crippen molar-refractivity contribution in [3.63, 3.8) is 0 Å². The second-order valence-corrected chi connectivity index (χ2v) is 2.96. The van der Waals surface area contributed by atoms with E-state index in [4.69, 9.17) is 5.11 Å². The average Bonchev–Trinajstić information content (AvgIpc) is 1.98. The second-order valence-electron chi connectivity index (χ2n) is 2.96. The van der Waals surface area contributed by atoms with Gasteiger partial charge in [-0.05, 0) is 19.8 Å². The summed E-state index contributed by atoms with van der Waals surface area (Å²) in [6.45, 7) is 3.36. The zero-order valence-corrected chi connectivity index (χ0v) is 7.38. The van der Waals surface area contributed by atoms with Gasteiger partial charge in [0.25, 0.3) is 0 Å². The Labute approximate surface area is 67.4 Å². The maximum Gasteiger partial charge on any atom is 0.156 e. The van der Waals surface area contributed by atoms with Crippen LogP contribution < -0.4 is 0 Å². The van der Waals surface area contributed by atoms with E-state index in [1.807, 2.05) is 6.92 Å². The smallest absolute Gasteiger partial charge is 0.156 e. The molecule has 0 aliphatic heterocycles. The third-order valence-electron chi connectivity index (χ3n) is 1.75. The standard InChI is InChI=1S/C8H17FO2/c1-6(8(10)11-3)4-5-7(2)9/h6-8,10H,4-5H2,1-3H3. The van der Waals surface area contributed by atoms with E-state index in [2.05, 4.69) is 4.74 Å². The van der Waals surface area contributed by atoms with Crippen LogP contribution in [0.15, 0.2) is 0 Å². The molecule has 0 radical (unpaired) electrons. The van der Waals surface area contributed by atoms with E-state index < -0.39 is 12.5 Å². The lowest BCUT2D eigenvalue weighted by molar-refractivity contribution is -0.110. The van der Waals surface area contributed by atoms with Crippen LogP contribution in [0, 0.1) is 5.92 Å². The quantitative estimate of drug-likeness (QED) is 0.627. The third-order valence-corrected chi connectivity index (χ3v) is 1.75. The van der Waals surface area contributed by atoms with Gasteiger partial charge in [-0.25, -0.2) is 4.39 Å². The number of aliphatic hydroxyl groups excluding tert-OH is 1. The Bertz CT molecular complexity index is 96.1. The molecule has 0 aromatic rings. The maximum absolute atomic E-state index is 12.3. The molecule has 0 bridgehead atoms. The number of ether oxygens (including phenoxy) is 1. The summed E-state index contributed by atoms with van der Waals surface area (Å²) >= 11 is 0.